The molecule has 9 nitrogen and oxygen atoms in total. The third kappa shape index (κ3) is 2.66. The number of hydrogen-bond donors (Lipinski definition) is 1. The highest BCUT2D eigenvalue weighted by Gasteiger charge is 2.34. The van der Waals surface area contributed by atoms with Gasteiger partial charge in [-0.15, -0.1) is 10.2 Å². The zero-order valence-corrected chi connectivity index (χ0v) is 16.3. The van der Waals surface area contributed by atoms with Gasteiger partial charge in [-0.25, -0.2) is 9.50 Å². The number of likely N-dealkylation sites (tertiary alicyclic amines) is 1. The van der Waals surface area contributed by atoms with Gasteiger partial charge >= 0.3 is 0 Å². The number of carbonyl (C=O) groups excluding carboxylic acids is 1. The highest BCUT2D eigenvalue weighted by Crippen LogP contribution is 2.35. The van der Waals surface area contributed by atoms with Crippen molar-refractivity contribution >= 4 is 17.2 Å². The standard InChI is InChI=1S/C21H20N8O/c30-21(27-8-3-9-27)16-5-6-18(25-24-16)28-11-7-15-19(23-13-22-15)20(28)17-12-14-4-1-2-10-29(14)26-17/h1-2,4-6,10,12-13,20H,3,7-9,11H2,(H,22,23)/t20-/m1/s1. The molecule has 2 aliphatic heterocycles. The smallest absolute Gasteiger partial charge is 0.274 e. The van der Waals surface area contributed by atoms with Gasteiger partial charge in [-0.3, -0.25) is 4.79 Å². The van der Waals surface area contributed by atoms with Crippen LogP contribution in [-0.2, 0) is 6.42 Å². The van der Waals surface area contributed by atoms with Gasteiger partial charge in [0.25, 0.3) is 5.91 Å². The number of anilines is 1. The van der Waals surface area contributed by atoms with E-state index in [0.717, 1.165) is 55.1 Å². The summed E-state index contributed by atoms with van der Waals surface area (Å²) in [6.45, 7) is 2.35. The average molecular weight is 400 g/mol. The van der Waals surface area contributed by atoms with Gasteiger partial charge < -0.3 is 14.8 Å². The van der Waals surface area contributed by atoms with E-state index in [2.05, 4.69) is 31.1 Å². The van der Waals surface area contributed by atoms with Gasteiger partial charge in [0.2, 0.25) is 0 Å². The van der Waals surface area contributed by atoms with E-state index in [-0.39, 0.29) is 11.9 Å². The number of aromatic amines is 1. The van der Waals surface area contributed by atoms with E-state index in [1.165, 1.54) is 0 Å². The monoisotopic (exact) mass is 400 g/mol. The van der Waals surface area contributed by atoms with Crippen LogP contribution in [0.15, 0.2) is 48.9 Å². The van der Waals surface area contributed by atoms with Crippen LogP contribution in [0.5, 0.6) is 0 Å². The van der Waals surface area contributed by atoms with Crippen LogP contribution in [0.1, 0.15) is 40.0 Å². The summed E-state index contributed by atoms with van der Waals surface area (Å²) in [5.41, 5.74) is 4.38. The van der Waals surface area contributed by atoms with Crippen LogP contribution in [0.25, 0.3) is 5.52 Å². The Morgan fingerprint density at radius 3 is 2.80 bits per heavy atom. The predicted molar refractivity (Wildman–Crippen MR) is 109 cm³/mol. The fourth-order valence-corrected chi connectivity index (χ4v) is 4.19. The van der Waals surface area contributed by atoms with Gasteiger partial charge in [-0.05, 0) is 36.8 Å². The summed E-state index contributed by atoms with van der Waals surface area (Å²) in [6, 6.07) is 11.5. The predicted octanol–water partition coefficient (Wildman–Crippen LogP) is 1.85. The summed E-state index contributed by atoms with van der Waals surface area (Å²) < 4.78 is 1.87. The molecule has 1 amide bonds. The van der Waals surface area contributed by atoms with Crippen LogP contribution < -0.4 is 4.90 Å². The number of pyridine rings is 1. The Bertz CT molecular complexity index is 1190. The molecule has 0 saturated carbocycles. The van der Waals surface area contributed by atoms with E-state index in [1.54, 1.807) is 17.3 Å². The number of rotatable bonds is 3. The Hall–Kier alpha value is -3.75. The molecule has 4 aromatic rings. The average Bonchev–Trinajstić information content (AvgIpc) is 3.38. The van der Waals surface area contributed by atoms with Crippen molar-refractivity contribution in [2.45, 2.75) is 18.9 Å². The molecule has 0 aromatic carbocycles. The fourth-order valence-electron chi connectivity index (χ4n) is 4.19. The minimum Gasteiger partial charge on any atom is -0.348 e. The molecule has 150 valence electrons. The van der Waals surface area contributed by atoms with Crippen LogP contribution in [0.4, 0.5) is 5.82 Å². The van der Waals surface area contributed by atoms with Gasteiger partial charge in [0, 0.05) is 37.9 Å². The number of carbonyl (C=O) groups is 1. The summed E-state index contributed by atoms with van der Waals surface area (Å²) in [4.78, 5) is 24.2. The lowest BCUT2D eigenvalue weighted by molar-refractivity contribution is 0.0644. The Balaban J connectivity index is 1.38. The van der Waals surface area contributed by atoms with Crippen molar-refractivity contribution in [2.24, 2.45) is 0 Å². The van der Waals surface area contributed by atoms with Crippen molar-refractivity contribution in [3.05, 3.63) is 71.7 Å². The molecule has 0 bridgehead atoms. The summed E-state index contributed by atoms with van der Waals surface area (Å²) in [6.07, 6.45) is 5.55. The number of amides is 1. The first kappa shape index (κ1) is 17.1. The molecule has 0 unspecified atom stereocenters. The van der Waals surface area contributed by atoms with Gasteiger partial charge in [-0.1, -0.05) is 6.07 Å². The molecule has 30 heavy (non-hydrogen) atoms. The Labute approximate surface area is 172 Å². The molecule has 9 heteroatoms. The summed E-state index contributed by atoms with van der Waals surface area (Å²) >= 11 is 0. The van der Waals surface area contributed by atoms with Crippen molar-refractivity contribution < 1.29 is 4.79 Å². The third-order valence-corrected chi connectivity index (χ3v) is 5.90. The number of hydrogen-bond acceptors (Lipinski definition) is 6. The minimum absolute atomic E-state index is 0.0505. The van der Waals surface area contributed by atoms with E-state index < -0.39 is 0 Å². The lowest BCUT2D eigenvalue weighted by Gasteiger charge is -2.34. The second kappa shape index (κ2) is 6.65. The largest absolute Gasteiger partial charge is 0.348 e. The lowest BCUT2D eigenvalue weighted by atomic mass is 9.99. The van der Waals surface area contributed by atoms with Crippen molar-refractivity contribution in [1.29, 1.82) is 0 Å². The molecule has 6 heterocycles. The van der Waals surface area contributed by atoms with Crippen LogP contribution in [0.2, 0.25) is 0 Å². The maximum Gasteiger partial charge on any atom is 0.274 e. The minimum atomic E-state index is -0.175. The van der Waals surface area contributed by atoms with Crippen molar-refractivity contribution in [3.63, 3.8) is 0 Å². The number of H-pyrrole nitrogens is 1. The van der Waals surface area contributed by atoms with Gasteiger partial charge in [0.15, 0.2) is 11.5 Å². The van der Waals surface area contributed by atoms with Crippen LogP contribution in [0.3, 0.4) is 0 Å². The van der Waals surface area contributed by atoms with Crippen molar-refractivity contribution in [2.75, 3.05) is 24.5 Å². The normalized spacial score (nSPS) is 18.3. The van der Waals surface area contributed by atoms with Gasteiger partial charge in [-0.2, -0.15) is 5.10 Å². The summed E-state index contributed by atoms with van der Waals surface area (Å²) in [7, 11) is 0. The van der Waals surface area contributed by atoms with Crippen LogP contribution in [0, 0.1) is 0 Å². The zero-order chi connectivity index (χ0) is 20.1. The van der Waals surface area contributed by atoms with E-state index in [1.807, 2.05) is 35.0 Å². The molecule has 4 aromatic heterocycles. The molecular formula is C21H20N8O. The molecule has 1 atom stereocenters. The highest BCUT2D eigenvalue weighted by molar-refractivity contribution is 5.92. The molecule has 6 rings (SSSR count). The van der Waals surface area contributed by atoms with E-state index in [4.69, 9.17) is 5.10 Å². The lowest BCUT2D eigenvalue weighted by Crippen LogP contribution is -2.42. The summed E-state index contributed by atoms with van der Waals surface area (Å²) in [5.74, 6) is 0.663. The fraction of sp³-hybridized carbons (Fsp3) is 0.286. The number of aromatic nitrogens is 6. The van der Waals surface area contributed by atoms with Crippen LogP contribution in [-0.4, -0.2) is 60.2 Å². The van der Waals surface area contributed by atoms with Gasteiger partial charge in [0.05, 0.1) is 23.2 Å². The summed E-state index contributed by atoms with van der Waals surface area (Å²) in [5, 5.41) is 13.4. The molecule has 1 N–H and O–H groups in total. The van der Waals surface area contributed by atoms with E-state index >= 15 is 0 Å². The first-order valence-corrected chi connectivity index (χ1v) is 10.1. The SMILES string of the molecule is O=C(c1ccc(N2CCc3[nH]cnc3[C@H]2c2cc3ccccn3n2)nn1)N1CCC1. The van der Waals surface area contributed by atoms with E-state index in [0.29, 0.717) is 11.5 Å². The maximum atomic E-state index is 12.4. The number of imidazole rings is 1. The number of nitrogens with one attached hydrogen (secondary N) is 1. The molecule has 0 spiro atoms. The Morgan fingerprint density at radius 2 is 2.03 bits per heavy atom. The second-order valence-electron chi connectivity index (χ2n) is 7.67. The van der Waals surface area contributed by atoms with Crippen LogP contribution >= 0.6 is 0 Å². The molecule has 0 radical (unpaired) electrons. The molecule has 1 fully saturated rings. The topological polar surface area (TPSA) is 95.3 Å². The zero-order valence-electron chi connectivity index (χ0n) is 16.3. The molecule has 0 aliphatic carbocycles. The third-order valence-electron chi connectivity index (χ3n) is 5.90. The Morgan fingerprint density at radius 1 is 1.10 bits per heavy atom. The number of fused-ring (bicyclic) bond motifs is 2. The second-order valence-corrected chi connectivity index (χ2v) is 7.67. The molecular weight excluding hydrogens is 380 g/mol. The maximum absolute atomic E-state index is 12.4. The molecule has 2 aliphatic rings. The highest BCUT2D eigenvalue weighted by atomic mass is 16.2. The quantitative estimate of drug-likeness (QED) is 0.564. The first-order valence-electron chi connectivity index (χ1n) is 10.1. The first-order chi connectivity index (χ1) is 14.8. The molecule has 1 saturated heterocycles. The van der Waals surface area contributed by atoms with Crippen molar-refractivity contribution in [3.8, 4) is 0 Å². The van der Waals surface area contributed by atoms with Gasteiger partial charge in [0.1, 0.15) is 6.04 Å². The van der Waals surface area contributed by atoms with E-state index in [9.17, 15) is 4.79 Å². The Kier molecular flexibility index (Phi) is 3.80. The van der Waals surface area contributed by atoms with Crippen molar-refractivity contribution in [1.82, 2.24) is 34.7 Å². The number of nitrogens with zero attached hydrogens (tertiary/aromatic N) is 7.